The Morgan fingerprint density at radius 2 is 1.56 bits per heavy atom. The lowest BCUT2D eigenvalue weighted by atomic mass is 10.1. The fourth-order valence-electron chi connectivity index (χ4n) is 5.09. The van der Waals surface area contributed by atoms with E-state index in [0.29, 0.717) is 29.9 Å². The summed E-state index contributed by atoms with van der Waals surface area (Å²) in [4.78, 5) is 36.4. The van der Waals surface area contributed by atoms with E-state index in [1.54, 1.807) is 29.2 Å². The molecule has 2 fully saturated rings. The van der Waals surface area contributed by atoms with Crippen LogP contribution in [0.2, 0.25) is 0 Å². The van der Waals surface area contributed by atoms with E-state index in [0.717, 1.165) is 56.8 Å². The van der Waals surface area contributed by atoms with Gasteiger partial charge in [-0.25, -0.2) is 4.39 Å². The highest BCUT2D eigenvalue weighted by Crippen LogP contribution is 2.16. The number of pyridine rings is 1. The maximum absolute atomic E-state index is 13.1. The molecule has 1 atom stereocenters. The molecule has 2 aliphatic heterocycles. The van der Waals surface area contributed by atoms with Crippen LogP contribution >= 0.6 is 0 Å². The van der Waals surface area contributed by atoms with Gasteiger partial charge in [0.15, 0.2) is 0 Å². The summed E-state index contributed by atoms with van der Waals surface area (Å²) in [5.74, 6) is -0.577. The third-order valence-electron chi connectivity index (χ3n) is 7.32. The molecule has 1 aromatic heterocycles. The Morgan fingerprint density at radius 1 is 0.897 bits per heavy atom. The van der Waals surface area contributed by atoms with Gasteiger partial charge in [0.05, 0.1) is 17.2 Å². The summed E-state index contributed by atoms with van der Waals surface area (Å²) in [5.41, 5.74) is 3.59. The van der Waals surface area contributed by atoms with E-state index in [1.165, 1.54) is 18.3 Å². The zero-order valence-corrected chi connectivity index (χ0v) is 21.7. The number of nitriles is 1. The van der Waals surface area contributed by atoms with Gasteiger partial charge in [-0.15, -0.1) is 0 Å². The molecule has 9 heteroatoms. The van der Waals surface area contributed by atoms with Crippen LogP contribution in [-0.2, 0) is 13.1 Å². The number of carbonyl (C=O) groups excluding carboxylic acids is 2. The summed E-state index contributed by atoms with van der Waals surface area (Å²) in [5, 5.41) is 12.0. The number of halogens is 1. The molecule has 0 radical (unpaired) electrons. The largest absolute Gasteiger partial charge is 0.347 e. The van der Waals surface area contributed by atoms with Gasteiger partial charge in [-0.2, -0.15) is 5.26 Å². The second kappa shape index (κ2) is 12.2. The average molecular weight is 527 g/mol. The number of amides is 2. The molecule has 0 bridgehead atoms. The fourth-order valence-corrected chi connectivity index (χ4v) is 5.09. The van der Waals surface area contributed by atoms with Crippen LogP contribution in [0.25, 0.3) is 0 Å². The summed E-state index contributed by atoms with van der Waals surface area (Å²) in [6.45, 7) is 5.79. The van der Waals surface area contributed by atoms with Crippen LogP contribution in [0.15, 0.2) is 66.9 Å². The van der Waals surface area contributed by atoms with Crippen molar-refractivity contribution in [3.05, 3.63) is 101 Å². The van der Waals surface area contributed by atoms with E-state index in [9.17, 15) is 14.0 Å². The predicted octanol–water partition coefficient (Wildman–Crippen LogP) is 3.05. The summed E-state index contributed by atoms with van der Waals surface area (Å²) in [6, 6.07) is 19.5. The van der Waals surface area contributed by atoms with E-state index in [-0.39, 0.29) is 23.7 Å². The van der Waals surface area contributed by atoms with Crippen LogP contribution in [0, 0.1) is 17.1 Å². The van der Waals surface area contributed by atoms with Gasteiger partial charge in [-0.3, -0.25) is 24.4 Å². The van der Waals surface area contributed by atoms with Gasteiger partial charge >= 0.3 is 0 Å². The van der Waals surface area contributed by atoms with E-state index >= 15 is 0 Å². The Labute approximate surface area is 227 Å². The SMILES string of the molecule is N#Cc1ccc(CN2CC[C@H](NC(=O)c3ccc(C(=O)N4CCN(Cc5ccc(F)cc5)CC4)cn3)C2)cc1. The van der Waals surface area contributed by atoms with Crippen molar-refractivity contribution in [1.82, 2.24) is 25.0 Å². The number of nitrogens with zero attached hydrogens (tertiary/aromatic N) is 5. The van der Waals surface area contributed by atoms with Gasteiger partial charge < -0.3 is 10.2 Å². The second-order valence-corrected chi connectivity index (χ2v) is 10.1. The topological polar surface area (TPSA) is 92.6 Å². The van der Waals surface area contributed by atoms with Crippen molar-refractivity contribution in [3.63, 3.8) is 0 Å². The number of aromatic nitrogens is 1. The normalized spacial score (nSPS) is 18.1. The quantitative estimate of drug-likeness (QED) is 0.509. The van der Waals surface area contributed by atoms with Crippen molar-refractivity contribution in [2.45, 2.75) is 25.6 Å². The monoisotopic (exact) mass is 526 g/mol. The van der Waals surface area contributed by atoms with E-state index in [2.05, 4.69) is 26.2 Å². The van der Waals surface area contributed by atoms with Crippen molar-refractivity contribution < 1.29 is 14.0 Å². The highest BCUT2D eigenvalue weighted by atomic mass is 19.1. The lowest BCUT2D eigenvalue weighted by Gasteiger charge is -2.34. The van der Waals surface area contributed by atoms with E-state index in [4.69, 9.17) is 5.26 Å². The number of piperazine rings is 1. The summed E-state index contributed by atoms with van der Waals surface area (Å²) in [7, 11) is 0. The van der Waals surface area contributed by atoms with Gasteiger partial charge in [-0.05, 0) is 53.9 Å². The molecule has 1 N–H and O–H groups in total. The minimum atomic E-state index is -0.243. The van der Waals surface area contributed by atoms with Crippen LogP contribution in [0.4, 0.5) is 4.39 Å². The number of rotatable bonds is 7. The summed E-state index contributed by atoms with van der Waals surface area (Å²) >= 11 is 0. The molecule has 200 valence electrons. The lowest BCUT2D eigenvalue weighted by Crippen LogP contribution is -2.48. The molecule has 5 rings (SSSR count). The molecule has 8 nitrogen and oxygen atoms in total. The highest BCUT2D eigenvalue weighted by molar-refractivity contribution is 5.96. The van der Waals surface area contributed by atoms with Gasteiger partial charge in [0.2, 0.25) is 0 Å². The molecule has 0 spiro atoms. The molecule has 0 unspecified atom stereocenters. The molecule has 0 aliphatic carbocycles. The second-order valence-electron chi connectivity index (χ2n) is 10.1. The first-order valence-electron chi connectivity index (χ1n) is 13.2. The maximum atomic E-state index is 13.1. The number of hydrogen-bond acceptors (Lipinski definition) is 6. The van der Waals surface area contributed by atoms with Gasteiger partial charge in [-0.1, -0.05) is 24.3 Å². The van der Waals surface area contributed by atoms with Gasteiger partial charge in [0, 0.05) is 64.6 Å². The number of likely N-dealkylation sites (tertiary alicyclic amines) is 1. The van der Waals surface area contributed by atoms with Gasteiger partial charge in [0.1, 0.15) is 11.5 Å². The third kappa shape index (κ3) is 6.85. The Morgan fingerprint density at radius 3 is 2.21 bits per heavy atom. The lowest BCUT2D eigenvalue weighted by molar-refractivity contribution is 0.0627. The molecule has 2 saturated heterocycles. The molecule has 39 heavy (non-hydrogen) atoms. The zero-order chi connectivity index (χ0) is 27.2. The van der Waals surface area contributed by atoms with Crippen molar-refractivity contribution in [1.29, 1.82) is 5.26 Å². The molecule has 3 aromatic rings. The Bertz CT molecular complexity index is 1330. The number of nitrogens with one attached hydrogen (secondary N) is 1. The maximum Gasteiger partial charge on any atom is 0.270 e. The van der Waals surface area contributed by atoms with Crippen LogP contribution in [-0.4, -0.2) is 76.8 Å². The number of hydrogen-bond donors (Lipinski definition) is 1. The minimum absolute atomic E-state index is 0.0326. The van der Waals surface area contributed by atoms with Crippen molar-refractivity contribution in [2.75, 3.05) is 39.3 Å². The molecule has 3 heterocycles. The Hall–Kier alpha value is -4.13. The number of carbonyl (C=O) groups is 2. The van der Waals surface area contributed by atoms with Crippen molar-refractivity contribution in [3.8, 4) is 6.07 Å². The molecule has 2 aliphatic rings. The minimum Gasteiger partial charge on any atom is -0.347 e. The molecular weight excluding hydrogens is 495 g/mol. The Kier molecular flexibility index (Phi) is 8.25. The van der Waals surface area contributed by atoms with Gasteiger partial charge in [0.25, 0.3) is 11.8 Å². The number of benzene rings is 2. The fraction of sp³-hybridized carbons (Fsp3) is 0.333. The third-order valence-corrected chi connectivity index (χ3v) is 7.32. The van der Waals surface area contributed by atoms with Crippen molar-refractivity contribution in [2.24, 2.45) is 0 Å². The first-order valence-corrected chi connectivity index (χ1v) is 13.2. The van der Waals surface area contributed by atoms with Crippen LogP contribution < -0.4 is 5.32 Å². The summed E-state index contributed by atoms with van der Waals surface area (Å²) in [6.07, 6.45) is 2.33. The van der Waals surface area contributed by atoms with Crippen LogP contribution in [0.1, 0.15) is 44.0 Å². The van der Waals surface area contributed by atoms with Crippen LogP contribution in [0.5, 0.6) is 0 Å². The highest BCUT2D eigenvalue weighted by Gasteiger charge is 2.26. The predicted molar refractivity (Wildman–Crippen MR) is 144 cm³/mol. The molecule has 2 amide bonds. The smallest absolute Gasteiger partial charge is 0.270 e. The first-order chi connectivity index (χ1) is 19.0. The van der Waals surface area contributed by atoms with Crippen LogP contribution in [0.3, 0.4) is 0 Å². The molecule has 2 aromatic carbocycles. The van der Waals surface area contributed by atoms with E-state index in [1.807, 2.05) is 24.3 Å². The zero-order valence-electron chi connectivity index (χ0n) is 21.7. The standard InChI is InChI=1S/C30H31FN6O2/c31-26-8-5-24(6-9-26)19-35-13-15-37(16-14-35)30(39)25-7-10-28(33-18-25)29(38)34-27-11-12-36(21-27)20-23-3-1-22(17-32)2-4-23/h1-10,18,27H,11-16,19-21H2,(H,34,38)/t27-/m0/s1. The Balaban J connectivity index is 1.07. The first kappa shape index (κ1) is 26.5. The molecule has 0 saturated carbocycles. The molecular formula is C30H31FN6O2. The average Bonchev–Trinajstić information content (AvgIpc) is 3.41. The summed E-state index contributed by atoms with van der Waals surface area (Å²) < 4.78 is 13.1. The van der Waals surface area contributed by atoms with Crippen molar-refractivity contribution >= 4 is 11.8 Å². The van der Waals surface area contributed by atoms with E-state index < -0.39 is 0 Å².